The van der Waals surface area contributed by atoms with Crippen molar-refractivity contribution in [3.63, 3.8) is 0 Å². The number of hydrogen-bond acceptors (Lipinski definition) is 4. The molecule has 0 unspecified atom stereocenters. The van der Waals surface area contributed by atoms with Crippen LogP contribution in [0.25, 0.3) is 0 Å². The van der Waals surface area contributed by atoms with E-state index in [0.29, 0.717) is 0 Å². The zero-order chi connectivity index (χ0) is 13.1. The van der Waals surface area contributed by atoms with E-state index in [4.69, 9.17) is 0 Å². The Kier molecular flexibility index (Phi) is 3.42. The quantitative estimate of drug-likeness (QED) is 0.826. The molecular formula is C15H14N3S. The molecular weight excluding hydrogens is 254 g/mol. The predicted molar refractivity (Wildman–Crippen MR) is 83.1 cm³/mol. The number of para-hydroxylation sites is 2. The Morgan fingerprint density at radius 3 is 2.00 bits per heavy atom. The van der Waals surface area contributed by atoms with Crippen molar-refractivity contribution >= 4 is 28.3 Å². The summed E-state index contributed by atoms with van der Waals surface area (Å²) in [5.74, 6) is 0. The predicted octanol–water partition coefficient (Wildman–Crippen LogP) is 3.77. The molecule has 0 fully saturated rings. The number of hydrogen-bond donors (Lipinski definition) is 0. The molecule has 0 amide bonds. The summed E-state index contributed by atoms with van der Waals surface area (Å²) in [6.45, 7) is 2.01. The molecule has 0 atom stereocenters. The maximum atomic E-state index is 4.62. The van der Waals surface area contributed by atoms with Crippen LogP contribution in [0.4, 0.5) is 11.4 Å². The molecule has 3 rings (SSSR count). The number of amidine groups is 1. The van der Waals surface area contributed by atoms with Crippen molar-refractivity contribution in [2.75, 3.05) is 16.2 Å². The van der Waals surface area contributed by atoms with Gasteiger partial charge in [0.1, 0.15) is 0 Å². The highest BCUT2D eigenvalue weighted by Crippen LogP contribution is 2.29. The van der Waals surface area contributed by atoms with Gasteiger partial charge in [0, 0.05) is 5.69 Å². The van der Waals surface area contributed by atoms with Gasteiger partial charge in [-0.05, 0) is 30.5 Å². The molecule has 0 N–H and O–H groups in total. The molecule has 0 aromatic heterocycles. The van der Waals surface area contributed by atoms with Crippen molar-refractivity contribution in [3.05, 3.63) is 67.3 Å². The van der Waals surface area contributed by atoms with E-state index in [9.17, 15) is 0 Å². The Bertz CT molecular complexity index is 568. The fourth-order valence-electron chi connectivity index (χ4n) is 1.93. The van der Waals surface area contributed by atoms with Crippen molar-refractivity contribution < 1.29 is 0 Å². The van der Waals surface area contributed by atoms with Crippen molar-refractivity contribution in [2.24, 2.45) is 5.10 Å². The minimum atomic E-state index is 0.968. The van der Waals surface area contributed by atoms with Crippen LogP contribution in [0, 0.1) is 6.67 Å². The second-order valence-corrected chi connectivity index (χ2v) is 4.86. The molecule has 1 aliphatic rings. The summed E-state index contributed by atoms with van der Waals surface area (Å²) in [6, 6.07) is 20.4. The maximum Gasteiger partial charge on any atom is 0.189 e. The number of thioether (sulfide) groups is 1. The van der Waals surface area contributed by atoms with Gasteiger partial charge in [0.05, 0.1) is 5.69 Å². The number of rotatable bonds is 2. The first-order valence-electron chi connectivity index (χ1n) is 6.04. The monoisotopic (exact) mass is 268 g/mol. The minimum absolute atomic E-state index is 0.968. The number of hydrazone groups is 1. The minimum Gasteiger partial charge on any atom is -0.293 e. The normalized spacial score (nSPS) is 14.7. The molecule has 3 nitrogen and oxygen atoms in total. The average molecular weight is 268 g/mol. The van der Waals surface area contributed by atoms with Gasteiger partial charge < -0.3 is 0 Å². The van der Waals surface area contributed by atoms with Gasteiger partial charge in [0.2, 0.25) is 0 Å². The molecule has 0 aliphatic carbocycles. The van der Waals surface area contributed by atoms with E-state index in [0.717, 1.165) is 16.5 Å². The summed E-state index contributed by atoms with van der Waals surface area (Å²) in [4.78, 5) is 2.09. The summed E-state index contributed by atoms with van der Waals surface area (Å²) >= 11 is 1.64. The molecule has 2 aromatic rings. The van der Waals surface area contributed by atoms with Crippen LogP contribution in [-0.4, -0.2) is 11.4 Å². The lowest BCUT2D eigenvalue weighted by atomic mass is 10.3. The fourth-order valence-corrected chi connectivity index (χ4v) is 2.45. The average Bonchev–Trinajstić information content (AvgIpc) is 2.93. The zero-order valence-corrected chi connectivity index (χ0v) is 11.4. The molecule has 4 heteroatoms. The molecule has 2 aromatic carbocycles. The summed E-state index contributed by atoms with van der Waals surface area (Å²) in [6.07, 6.45) is 2.04. The van der Waals surface area contributed by atoms with E-state index < -0.39 is 0 Å². The molecule has 0 spiro atoms. The smallest absolute Gasteiger partial charge is 0.189 e. The van der Waals surface area contributed by atoms with Gasteiger partial charge in [0.15, 0.2) is 11.8 Å². The fraction of sp³-hybridized carbons (Fsp3) is 0.0667. The van der Waals surface area contributed by atoms with Crippen LogP contribution in [-0.2, 0) is 0 Å². The summed E-state index contributed by atoms with van der Waals surface area (Å²) in [5.41, 5.74) is 2.18. The number of benzene rings is 2. The topological polar surface area (TPSA) is 18.8 Å². The Morgan fingerprint density at radius 1 is 0.842 bits per heavy atom. The van der Waals surface area contributed by atoms with Crippen LogP contribution in [0.3, 0.4) is 0 Å². The van der Waals surface area contributed by atoms with Crippen LogP contribution < -0.4 is 9.91 Å². The van der Waals surface area contributed by atoms with Gasteiger partial charge in [0.25, 0.3) is 0 Å². The van der Waals surface area contributed by atoms with Crippen LogP contribution in [0.1, 0.15) is 0 Å². The van der Waals surface area contributed by atoms with Gasteiger partial charge in [-0.15, -0.1) is 5.10 Å². The zero-order valence-electron chi connectivity index (χ0n) is 10.6. The first-order valence-corrected chi connectivity index (χ1v) is 7.27. The Balaban J connectivity index is 1.89. The third-order valence-electron chi connectivity index (χ3n) is 2.86. The van der Waals surface area contributed by atoms with Crippen molar-refractivity contribution in [3.8, 4) is 0 Å². The summed E-state index contributed by atoms with van der Waals surface area (Å²) in [5, 5.41) is 7.49. The van der Waals surface area contributed by atoms with E-state index in [2.05, 4.69) is 22.1 Å². The third kappa shape index (κ3) is 2.44. The van der Waals surface area contributed by atoms with Gasteiger partial charge in [-0.1, -0.05) is 48.2 Å². The molecule has 1 heterocycles. The SMILES string of the molecule is CSC1=NN(c2ccccc2)[CH]N1c1ccccc1. The molecule has 0 bridgehead atoms. The molecule has 1 aliphatic heterocycles. The molecule has 19 heavy (non-hydrogen) atoms. The van der Waals surface area contributed by atoms with E-state index in [1.807, 2.05) is 66.5 Å². The highest BCUT2D eigenvalue weighted by atomic mass is 32.2. The van der Waals surface area contributed by atoms with Crippen molar-refractivity contribution in [2.45, 2.75) is 0 Å². The molecule has 0 saturated heterocycles. The van der Waals surface area contributed by atoms with Crippen molar-refractivity contribution in [1.82, 2.24) is 0 Å². The Morgan fingerprint density at radius 2 is 1.42 bits per heavy atom. The Hall–Kier alpha value is -1.94. The third-order valence-corrected chi connectivity index (χ3v) is 3.51. The second kappa shape index (κ2) is 5.36. The Labute approximate surface area is 117 Å². The van der Waals surface area contributed by atoms with Crippen LogP contribution >= 0.6 is 11.8 Å². The van der Waals surface area contributed by atoms with Gasteiger partial charge >= 0.3 is 0 Å². The first kappa shape index (κ1) is 12.1. The highest BCUT2D eigenvalue weighted by Gasteiger charge is 2.25. The molecule has 0 saturated carbocycles. The van der Waals surface area contributed by atoms with E-state index >= 15 is 0 Å². The van der Waals surface area contributed by atoms with E-state index in [1.165, 1.54) is 0 Å². The lowest BCUT2D eigenvalue weighted by Gasteiger charge is -2.19. The molecule has 1 radical (unpaired) electrons. The summed E-state index contributed by atoms with van der Waals surface area (Å²) in [7, 11) is 0. The van der Waals surface area contributed by atoms with Crippen LogP contribution in [0.15, 0.2) is 65.8 Å². The van der Waals surface area contributed by atoms with Crippen LogP contribution in [0.2, 0.25) is 0 Å². The number of nitrogens with zero attached hydrogens (tertiary/aromatic N) is 3. The van der Waals surface area contributed by atoms with Gasteiger partial charge in [-0.25, -0.2) is 5.01 Å². The van der Waals surface area contributed by atoms with Gasteiger partial charge in [-0.3, -0.25) is 4.90 Å². The number of anilines is 2. The lowest BCUT2D eigenvalue weighted by Crippen LogP contribution is -2.23. The highest BCUT2D eigenvalue weighted by molar-refractivity contribution is 8.13. The lowest BCUT2D eigenvalue weighted by molar-refractivity contribution is 1.02. The van der Waals surface area contributed by atoms with Crippen molar-refractivity contribution in [1.29, 1.82) is 0 Å². The van der Waals surface area contributed by atoms with E-state index in [-0.39, 0.29) is 0 Å². The first-order chi connectivity index (χ1) is 9.38. The standard InChI is InChI=1S/C15H14N3S/c1-19-15-16-18(14-10-6-3-7-11-14)12-17(15)13-8-4-2-5-9-13/h2-12H,1H3. The largest absolute Gasteiger partial charge is 0.293 e. The second-order valence-electron chi connectivity index (χ2n) is 4.09. The molecule has 95 valence electrons. The van der Waals surface area contributed by atoms with Crippen LogP contribution in [0.5, 0.6) is 0 Å². The van der Waals surface area contributed by atoms with E-state index in [1.54, 1.807) is 11.8 Å². The summed E-state index contributed by atoms with van der Waals surface area (Å²) < 4.78 is 0. The van der Waals surface area contributed by atoms with Gasteiger partial charge in [-0.2, -0.15) is 0 Å². The maximum absolute atomic E-state index is 4.62.